The summed E-state index contributed by atoms with van der Waals surface area (Å²) < 4.78 is 0. The van der Waals surface area contributed by atoms with Gasteiger partial charge in [-0.1, -0.05) is 6.92 Å². The van der Waals surface area contributed by atoms with Crippen molar-refractivity contribution < 1.29 is 5.11 Å². The van der Waals surface area contributed by atoms with Crippen molar-refractivity contribution in [3.05, 3.63) is 15.6 Å². The van der Waals surface area contributed by atoms with Crippen molar-refractivity contribution in [2.24, 2.45) is 11.1 Å². The molecule has 3 N–H and O–H groups in total. The summed E-state index contributed by atoms with van der Waals surface area (Å²) in [4.78, 5) is 5.69. The molecule has 0 amide bonds. The van der Waals surface area contributed by atoms with Gasteiger partial charge in [0.2, 0.25) is 0 Å². The molecule has 0 fully saturated rings. The van der Waals surface area contributed by atoms with E-state index in [1.54, 1.807) is 11.3 Å². The molecular weight excluding hydrogens is 196 g/mol. The van der Waals surface area contributed by atoms with E-state index in [0.29, 0.717) is 6.54 Å². The largest absolute Gasteiger partial charge is 0.396 e. The van der Waals surface area contributed by atoms with E-state index >= 15 is 0 Å². The van der Waals surface area contributed by atoms with E-state index in [2.05, 4.69) is 11.9 Å². The first-order valence-corrected chi connectivity index (χ1v) is 5.56. The van der Waals surface area contributed by atoms with Crippen LogP contribution in [-0.2, 0) is 6.42 Å². The first-order valence-electron chi connectivity index (χ1n) is 4.74. The Morgan fingerprint density at radius 1 is 1.50 bits per heavy atom. The predicted octanol–water partition coefficient (Wildman–Crippen LogP) is 1.26. The molecule has 1 heterocycles. The quantitative estimate of drug-likeness (QED) is 0.793. The standard InChI is InChI=1S/C10H18N2OS/c1-7-8(2)14-9(12-7)4-10(3,5-11)6-13/h13H,4-6,11H2,1-3H3. The third-order valence-corrected chi connectivity index (χ3v) is 3.60. The Hall–Kier alpha value is -0.450. The molecule has 1 rings (SSSR count). The van der Waals surface area contributed by atoms with Crippen molar-refractivity contribution in [1.82, 2.24) is 4.98 Å². The lowest BCUT2D eigenvalue weighted by Crippen LogP contribution is -2.33. The molecule has 0 aliphatic heterocycles. The van der Waals surface area contributed by atoms with Crippen LogP contribution >= 0.6 is 11.3 Å². The number of aliphatic hydroxyl groups is 1. The van der Waals surface area contributed by atoms with Gasteiger partial charge < -0.3 is 10.8 Å². The van der Waals surface area contributed by atoms with E-state index in [1.165, 1.54) is 4.88 Å². The Labute approximate surface area is 89.0 Å². The van der Waals surface area contributed by atoms with Crippen molar-refractivity contribution in [2.45, 2.75) is 27.2 Å². The van der Waals surface area contributed by atoms with Crippen molar-refractivity contribution in [2.75, 3.05) is 13.2 Å². The fourth-order valence-corrected chi connectivity index (χ4v) is 2.32. The van der Waals surface area contributed by atoms with Crippen LogP contribution in [0.3, 0.4) is 0 Å². The second-order valence-electron chi connectivity index (χ2n) is 4.10. The third kappa shape index (κ3) is 2.53. The van der Waals surface area contributed by atoms with Gasteiger partial charge in [0.1, 0.15) is 0 Å². The van der Waals surface area contributed by atoms with Gasteiger partial charge in [0.15, 0.2) is 0 Å². The van der Waals surface area contributed by atoms with Gasteiger partial charge in [-0.25, -0.2) is 4.98 Å². The lowest BCUT2D eigenvalue weighted by molar-refractivity contribution is 0.149. The predicted molar refractivity (Wildman–Crippen MR) is 59.5 cm³/mol. The summed E-state index contributed by atoms with van der Waals surface area (Å²) in [6.45, 7) is 6.66. The molecule has 1 atom stereocenters. The molecule has 0 aliphatic rings. The highest BCUT2D eigenvalue weighted by Gasteiger charge is 2.23. The number of aryl methyl sites for hydroxylation is 2. The molecule has 1 aromatic rings. The Morgan fingerprint density at radius 3 is 2.50 bits per heavy atom. The van der Waals surface area contributed by atoms with Crippen molar-refractivity contribution in [1.29, 1.82) is 0 Å². The van der Waals surface area contributed by atoms with Gasteiger partial charge in [0.05, 0.1) is 17.3 Å². The average Bonchev–Trinajstić information content (AvgIpc) is 2.45. The van der Waals surface area contributed by atoms with Crippen LogP contribution in [0.15, 0.2) is 0 Å². The van der Waals surface area contributed by atoms with Gasteiger partial charge in [-0.15, -0.1) is 11.3 Å². The molecule has 0 aliphatic carbocycles. The molecule has 80 valence electrons. The van der Waals surface area contributed by atoms with Crippen LogP contribution in [0.1, 0.15) is 22.5 Å². The molecule has 0 saturated heterocycles. The second kappa shape index (κ2) is 4.38. The van der Waals surface area contributed by atoms with Gasteiger partial charge >= 0.3 is 0 Å². The van der Waals surface area contributed by atoms with E-state index in [1.807, 2.05) is 13.8 Å². The number of aromatic nitrogens is 1. The zero-order valence-electron chi connectivity index (χ0n) is 9.00. The number of aliphatic hydroxyl groups excluding tert-OH is 1. The first-order chi connectivity index (χ1) is 6.50. The summed E-state index contributed by atoms with van der Waals surface area (Å²) in [7, 11) is 0. The number of nitrogens with two attached hydrogens (primary N) is 1. The number of nitrogens with zero attached hydrogens (tertiary/aromatic N) is 1. The van der Waals surface area contributed by atoms with Crippen LogP contribution in [-0.4, -0.2) is 23.2 Å². The maximum atomic E-state index is 9.22. The number of hydrogen-bond acceptors (Lipinski definition) is 4. The molecule has 4 heteroatoms. The Morgan fingerprint density at radius 2 is 2.14 bits per heavy atom. The monoisotopic (exact) mass is 214 g/mol. The molecule has 3 nitrogen and oxygen atoms in total. The maximum absolute atomic E-state index is 9.22. The minimum absolute atomic E-state index is 0.112. The van der Waals surface area contributed by atoms with Crippen LogP contribution < -0.4 is 5.73 Å². The SMILES string of the molecule is Cc1nc(CC(C)(CN)CO)sc1C. The van der Waals surface area contributed by atoms with E-state index in [0.717, 1.165) is 17.1 Å². The summed E-state index contributed by atoms with van der Waals surface area (Å²) in [5.74, 6) is 0. The normalized spacial score (nSPS) is 15.5. The molecule has 1 aromatic heterocycles. The smallest absolute Gasteiger partial charge is 0.0937 e. The molecular formula is C10H18N2OS. The van der Waals surface area contributed by atoms with Crippen LogP contribution in [0.4, 0.5) is 0 Å². The fraction of sp³-hybridized carbons (Fsp3) is 0.700. The van der Waals surface area contributed by atoms with Gasteiger partial charge in [0.25, 0.3) is 0 Å². The molecule has 0 radical (unpaired) electrons. The Balaban J connectivity index is 2.77. The van der Waals surface area contributed by atoms with Crippen LogP contribution in [0.5, 0.6) is 0 Å². The Kier molecular flexibility index (Phi) is 3.64. The minimum atomic E-state index is -0.225. The lowest BCUT2D eigenvalue weighted by Gasteiger charge is -2.23. The summed E-state index contributed by atoms with van der Waals surface area (Å²) in [6, 6.07) is 0. The summed E-state index contributed by atoms with van der Waals surface area (Å²) in [6.07, 6.45) is 0.763. The highest BCUT2D eigenvalue weighted by Crippen LogP contribution is 2.25. The number of hydrogen-bond donors (Lipinski definition) is 2. The second-order valence-corrected chi connectivity index (χ2v) is 5.39. The van der Waals surface area contributed by atoms with E-state index in [9.17, 15) is 5.11 Å². The zero-order chi connectivity index (χ0) is 10.8. The fourth-order valence-electron chi connectivity index (χ4n) is 1.17. The van der Waals surface area contributed by atoms with Gasteiger partial charge in [-0.2, -0.15) is 0 Å². The van der Waals surface area contributed by atoms with Crippen molar-refractivity contribution in [3.63, 3.8) is 0 Å². The molecule has 0 saturated carbocycles. The van der Waals surface area contributed by atoms with Crippen LogP contribution in [0.25, 0.3) is 0 Å². The molecule has 0 bridgehead atoms. The van der Waals surface area contributed by atoms with E-state index in [4.69, 9.17) is 5.73 Å². The van der Waals surface area contributed by atoms with Crippen molar-refractivity contribution in [3.8, 4) is 0 Å². The summed E-state index contributed by atoms with van der Waals surface area (Å²) in [5, 5.41) is 10.3. The third-order valence-electron chi connectivity index (χ3n) is 2.53. The summed E-state index contributed by atoms with van der Waals surface area (Å²) in [5.41, 5.74) is 6.49. The Bertz CT molecular complexity index is 286. The highest BCUT2D eigenvalue weighted by molar-refractivity contribution is 7.11. The van der Waals surface area contributed by atoms with E-state index < -0.39 is 0 Å². The summed E-state index contributed by atoms with van der Waals surface area (Å²) >= 11 is 1.69. The van der Waals surface area contributed by atoms with Gasteiger partial charge in [-0.05, 0) is 13.8 Å². The van der Waals surface area contributed by atoms with Crippen LogP contribution in [0, 0.1) is 19.3 Å². The number of thiazole rings is 1. The van der Waals surface area contributed by atoms with E-state index in [-0.39, 0.29) is 12.0 Å². The average molecular weight is 214 g/mol. The molecule has 0 aromatic carbocycles. The first kappa shape index (κ1) is 11.6. The maximum Gasteiger partial charge on any atom is 0.0937 e. The lowest BCUT2D eigenvalue weighted by atomic mass is 9.88. The molecule has 0 spiro atoms. The van der Waals surface area contributed by atoms with Gasteiger partial charge in [-0.3, -0.25) is 0 Å². The zero-order valence-corrected chi connectivity index (χ0v) is 9.82. The van der Waals surface area contributed by atoms with Crippen molar-refractivity contribution >= 4 is 11.3 Å². The van der Waals surface area contributed by atoms with Crippen LogP contribution in [0.2, 0.25) is 0 Å². The molecule has 1 unspecified atom stereocenters. The minimum Gasteiger partial charge on any atom is -0.396 e. The highest BCUT2D eigenvalue weighted by atomic mass is 32.1. The molecule has 14 heavy (non-hydrogen) atoms. The van der Waals surface area contributed by atoms with Gasteiger partial charge in [0, 0.05) is 23.3 Å². The topological polar surface area (TPSA) is 59.1 Å². The number of rotatable bonds is 4.